The van der Waals surface area contributed by atoms with Crippen LogP contribution in [-0.4, -0.2) is 34.3 Å². The van der Waals surface area contributed by atoms with E-state index >= 15 is 0 Å². The number of amides is 1. The molecule has 1 amide bonds. The number of hydrogen-bond acceptors (Lipinski definition) is 6. The largest absolute Gasteiger partial charge is 0.489 e. The Morgan fingerprint density at radius 1 is 1.27 bits per heavy atom. The Morgan fingerprint density at radius 2 is 2.06 bits per heavy atom. The maximum Gasteiger partial charge on any atom is 0.303 e. The standard InChI is InChI=1S/C26H30N2O5/c1-14(29)33-26(3)12-19-22-15(6-7-25(19,2)23(26)16-5-4-8-28-13-16)9-18-20(30)10-17(24(27)31)11-21(18)32-22/h4-5,8-9,13,17,19,22-23H,6-7,10-12H2,1-3H3,(H2,27,31)/t17?,19-,22+,23+,25-,26?/m0/s1. The zero-order chi connectivity index (χ0) is 23.5. The molecule has 1 aromatic heterocycles. The van der Waals surface area contributed by atoms with Crippen molar-refractivity contribution in [3.05, 3.63) is 53.1 Å². The second kappa shape index (κ2) is 7.54. The molecule has 7 nitrogen and oxygen atoms in total. The van der Waals surface area contributed by atoms with Crippen molar-refractivity contribution >= 4 is 17.7 Å². The summed E-state index contributed by atoms with van der Waals surface area (Å²) >= 11 is 0. The lowest BCUT2D eigenvalue weighted by Gasteiger charge is -2.48. The molecule has 2 unspecified atom stereocenters. The maximum atomic E-state index is 12.7. The molecule has 2 saturated carbocycles. The number of Topliss-reactive ketones (excluding diaryl/α,β-unsaturated/α-hetero) is 1. The third kappa shape index (κ3) is 3.40. The Balaban J connectivity index is 1.54. The highest BCUT2D eigenvalue weighted by Crippen LogP contribution is 2.66. The summed E-state index contributed by atoms with van der Waals surface area (Å²) in [6, 6.07) is 3.97. The molecular weight excluding hydrogens is 420 g/mol. The number of fused-ring (bicyclic) bond motifs is 3. The summed E-state index contributed by atoms with van der Waals surface area (Å²) in [6.45, 7) is 5.72. The summed E-state index contributed by atoms with van der Waals surface area (Å²) in [6.07, 6.45) is 8.20. The molecule has 0 saturated heterocycles. The van der Waals surface area contributed by atoms with Crippen LogP contribution in [0.1, 0.15) is 64.4 Å². The number of nitrogens with two attached hydrogens (primary N) is 1. The number of aromatic nitrogens is 1. The number of hydrogen-bond donors (Lipinski definition) is 1. The number of primary amides is 1. The van der Waals surface area contributed by atoms with E-state index in [1.165, 1.54) is 6.92 Å². The number of esters is 1. The van der Waals surface area contributed by atoms with Crippen LogP contribution < -0.4 is 5.73 Å². The topological polar surface area (TPSA) is 109 Å². The fourth-order valence-electron chi connectivity index (χ4n) is 7.02. The van der Waals surface area contributed by atoms with Crippen LogP contribution in [-0.2, 0) is 23.9 Å². The van der Waals surface area contributed by atoms with Gasteiger partial charge >= 0.3 is 5.97 Å². The van der Waals surface area contributed by atoms with Crippen molar-refractivity contribution in [3.8, 4) is 0 Å². The molecule has 5 rings (SSSR count). The van der Waals surface area contributed by atoms with E-state index < -0.39 is 17.4 Å². The van der Waals surface area contributed by atoms with Gasteiger partial charge in [-0.15, -0.1) is 0 Å². The van der Waals surface area contributed by atoms with Gasteiger partial charge < -0.3 is 15.2 Å². The van der Waals surface area contributed by atoms with Gasteiger partial charge in [-0.2, -0.15) is 0 Å². The van der Waals surface area contributed by atoms with Gasteiger partial charge in [-0.3, -0.25) is 19.4 Å². The Labute approximate surface area is 193 Å². The number of pyridine rings is 1. The van der Waals surface area contributed by atoms with Crippen molar-refractivity contribution < 1.29 is 23.9 Å². The molecule has 2 heterocycles. The average Bonchev–Trinajstić information content (AvgIpc) is 2.99. The van der Waals surface area contributed by atoms with Crippen molar-refractivity contribution in [1.82, 2.24) is 4.98 Å². The zero-order valence-corrected chi connectivity index (χ0v) is 19.3. The highest BCUT2D eigenvalue weighted by atomic mass is 16.6. The van der Waals surface area contributed by atoms with Gasteiger partial charge in [0.15, 0.2) is 5.78 Å². The highest BCUT2D eigenvalue weighted by molar-refractivity contribution is 6.02. The third-order valence-corrected chi connectivity index (χ3v) is 8.29. The molecule has 0 radical (unpaired) electrons. The Bertz CT molecular complexity index is 1090. The number of carbonyl (C=O) groups is 3. The summed E-state index contributed by atoms with van der Waals surface area (Å²) in [4.78, 5) is 41.0. The Morgan fingerprint density at radius 3 is 2.73 bits per heavy atom. The first kappa shape index (κ1) is 21.9. The smallest absolute Gasteiger partial charge is 0.303 e. The highest BCUT2D eigenvalue weighted by Gasteiger charge is 2.64. The van der Waals surface area contributed by atoms with Gasteiger partial charge in [0.1, 0.15) is 17.5 Å². The van der Waals surface area contributed by atoms with Crippen LogP contribution in [0.15, 0.2) is 47.5 Å². The van der Waals surface area contributed by atoms with E-state index in [0.29, 0.717) is 24.2 Å². The molecule has 6 atom stereocenters. The van der Waals surface area contributed by atoms with E-state index in [-0.39, 0.29) is 41.5 Å². The van der Waals surface area contributed by atoms with Crippen molar-refractivity contribution in [3.63, 3.8) is 0 Å². The molecule has 2 N–H and O–H groups in total. The van der Waals surface area contributed by atoms with E-state index in [4.69, 9.17) is 15.2 Å². The van der Waals surface area contributed by atoms with Crippen LogP contribution >= 0.6 is 0 Å². The molecule has 0 spiro atoms. The lowest BCUT2D eigenvalue weighted by atomic mass is 9.60. The van der Waals surface area contributed by atoms with Crippen LogP contribution in [0.5, 0.6) is 0 Å². The molecule has 3 aliphatic carbocycles. The van der Waals surface area contributed by atoms with Crippen LogP contribution in [0.2, 0.25) is 0 Å². The van der Waals surface area contributed by atoms with Crippen molar-refractivity contribution in [2.75, 3.05) is 0 Å². The van der Waals surface area contributed by atoms with Crippen LogP contribution in [0.3, 0.4) is 0 Å². The summed E-state index contributed by atoms with van der Waals surface area (Å²) in [7, 11) is 0. The second-order valence-electron chi connectivity index (χ2n) is 10.5. The summed E-state index contributed by atoms with van der Waals surface area (Å²) in [5, 5.41) is 0. The van der Waals surface area contributed by atoms with Gasteiger partial charge in [-0.05, 0) is 54.9 Å². The Hall–Kier alpha value is -2.96. The van der Waals surface area contributed by atoms with Gasteiger partial charge in [0, 0.05) is 44.0 Å². The molecule has 7 heteroatoms. The predicted molar refractivity (Wildman–Crippen MR) is 120 cm³/mol. The first-order chi connectivity index (χ1) is 15.6. The number of ether oxygens (including phenoxy) is 2. The van der Waals surface area contributed by atoms with Crippen molar-refractivity contribution in [1.29, 1.82) is 0 Å². The van der Waals surface area contributed by atoms with Crippen molar-refractivity contribution in [2.45, 2.75) is 70.5 Å². The lowest BCUT2D eigenvalue weighted by Crippen LogP contribution is -2.45. The van der Waals surface area contributed by atoms with E-state index in [9.17, 15) is 14.4 Å². The third-order valence-electron chi connectivity index (χ3n) is 8.29. The summed E-state index contributed by atoms with van der Waals surface area (Å²) < 4.78 is 12.5. The molecule has 0 aromatic carbocycles. The van der Waals surface area contributed by atoms with E-state index in [0.717, 1.165) is 24.0 Å². The number of carbonyl (C=O) groups excluding carboxylic acids is 3. The first-order valence-corrected chi connectivity index (χ1v) is 11.6. The number of rotatable bonds is 3. The minimum Gasteiger partial charge on any atom is -0.489 e. The number of allylic oxidation sites excluding steroid dienone is 3. The molecule has 33 heavy (non-hydrogen) atoms. The summed E-state index contributed by atoms with van der Waals surface area (Å²) in [5.74, 6) is -0.775. The van der Waals surface area contributed by atoms with Gasteiger partial charge in [0.25, 0.3) is 0 Å². The molecule has 0 bridgehead atoms. The molecule has 2 fully saturated rings. The molecule has 174 valence electrons. The average molecular weight is 451 g/mol. The first-order valence-electron chi connectivity index (χ1n) is 11.6. The second-order valence-corrected chi connectivity index (χ2v) is 10.5. The Kier molecular flexibility index (Phi) is 4.99. The molecule has 4 aliphatic rings. The van der Waals surface area contributed by atoms with E-state index in [2.05, 4.69) is 18.0 Å². The molecule has 1 aromatic rings. The van der Waals surface area contributed by atoms with Crippen LogP contribution in [0, 0.1) is 17.3 Å². The normalized spacial score (nSPS) is 37.3. The zero-order valence-electron chi connectivity index (χ0n) is 19.3. The minimum absolute atomic E-state index is 0.0421. The quantitative estimate of drug-likeness (QED) is 0.708. The monoisotopic (exact) mass is 450 g/mol. The fourth-order valence-corrected chi connectivity index (χ4v) is 7.02. The molecule has 1 aliphatic heterocycles. The van der Waals surface area contributed by atoms with Crippen LogP contribution in [0.25, 0.3) is 0 Å². The van der Waals surface area contributed by atoms with E-state index in [1.807, 2.05) is 25.3 Å². The predicted octanol–water partition coefficient (Wildman–Crippen LogP) is 3.35. The van der Waals surface area contributed by atoms with Gasteiger partial charge in [0.2, 0.25) is 5.91 Å². The lowest BCUT2D eigenvalue weighted by molar-refractivity contribution is -0.157. The van der Waals surface area contributed by atoms with E-state index in [1.54, 1.807) is 6.20 Å². The molecular formula is C26H30N2O5. The maximum absolute atomic E-state index is 12.7. The summed E-state index contributed by atoms with van der Waals surface area (Å²) in [5.41, 5.74) is 7.36. The van der Waals surface area contributed by atoms with Gasteiger partial charge in [-0.25, -0.2) is 0 Å². The SMILES string of the molecule is CC(=O)OC1(C)C[C@H]2[C@@H]3OC4=C(C=C3CC[C@]2(C)[C@H]1c1cccnc1)C(=O)CC(C(N)=O)C4. The number of ketones is 1. The van der Waals surface area contributed by atoms with Gasteiger partial charge in [-0.1, -0.05) is 13.0 Å². The van der Waals surface area contributed by atoms with Crippen molar-refractivity contribution in [2.24, 2.45) is 23.0 Å². The minimum atomic E-state index is -0.708. The van der Waals surface area contributed by atoms with Crippen LogP contribution in [0.4, 0.5) is 0 Å². The van der Waals surface area contributed by atoms with Gasteiger partial charge in [0.05, 0.1) is 11.5 Å². The fraction of sp³-hybridized carbons (Fsp3) is 0.538. The number of nitrogens with zero attached hydrogens (tertiary/aromatic N) is 1.